The summed E-state index contributed by atoms with van der Waals surface area (Å²) in [5, 5.41) is 7.16. The summed E-state index contributed by atoms with van der Waals surface area (Å²) >= 11 is 5.31. The van der Waals surface area contributed by atoms with Crippen molar-refractivity contribution in [3.8, 4) is 11.4 Å². The van der Waals surface area contributed by atoms with Crippen LogP contribution in [0.2, 0.25) is 0 Å². The first-order valence-corrected chi connectivity index (χ1v) is 7.92. The number of H-pyrrole nitrogens is 1. The van der Waals surface area contributed by atoms with E-state index in [1.807, 2.05) is 16.7 Å². The van der Waals surface area contributed by atoms with Gasteiger partial charge in [-0.25, -0.2) is 0 Å². The lowest BCUT2D eigenvalue weighted by Crippen LogP contribution is -2.19. The molecule has 0 saturated heterocycles. The van der Waals surface area contributed by atoms with E-state index in [-0.39, 0.29) is 0 Å². The molecule has 0 radical (unpaired) electrons. The van der Waals surface area contributed by atoms with E-state index in [0.29, 0.717) is 17.5 Å². The third kappa shape index (κ3) is 3.57. The summed E-state index contributed by atoms with van der Waals surface area (Å²) in [5.41, 5.74) is 0.961. The van der Waals surface area contributed by atoms with Crippen molar-refractivity contribution >= 4 is 12.2 Å². The van der Waals surface area contributed by atoms with Gasteiger partial charge in [0.15, 0.2) is 10.6 Å². The summed E-state index contributed by atoms with van der Waals surface area (Å²) in [6.07, 6.45) is 10.3. The molecule has 6 heteroatoms. The molecule has 0 atom stereocenters. The van der Waals surface area contributed by atoms with Gasteiger partial charge in [-0.15, -0.1) is 0 Å². The number of ether oxygens (including phenoxy) is 1. The Morgan fingerprint density at radius 2 is 2.19 bits per heavy atom. The molecule has 0 amide bonds. The van der Waals surface area contributed by atoms with Crippen molar-refractivity contribution < 1.29 is 4.74 Å². The van der Waals surface area contributed by atoms with Gasteiger partial charge in [0.05, 0.1) is 19.3 Å². The maximum absolute atomic E-state index is 5.98. The molecule has 3 rings (SSSR count). The Labute approximate surface area is 129 Å². The van der Waals surface area contributed by atoms with Crippen molar-refractivity contribution in [3.05, 3.63) is 29.3 Å². The summed E-state index contributed by atoms with van der Waals surface area (Å²) in [6, 6.07) is 3.88. The Kier molecular flexibility index (Phi) is 4.77. The van der Waals surface area contributed by atoms with Crippen LogP contribution >= 0.6 is 12.2 Å². The molecule has 1 aliphatic carbocycles. The molecule has 0 aromatic carbocycles. The van der Waals surface area contributed by atoms with Gasteiger partial charge in [-0.05, 0) is 37.2 Å². The van der Waals surface area contributed by atoms with Crippen LogP contribution in [-0.4, -0.2) is 32.5 Å². The van der Waals surface area contributed by atoms with E-state index < -0.39 is 0 Å². The molecule has 2 heterocycles. The van der Waals surface area contributed by atoms with Crippen molar-refractivity contribution in [1.29, 1.82) is 0 Å². The van der Waals surface area contributed by atoms with Crippen LogP contribution in [-0.2, 0) is 11.3 Å². The van der Waals surface area contributed by atoms with Crippen LogP contribution in [0.4, 0.5) is 0 Å². The van der Waals surface area contributed by atoms with Gasteiger partial charge in [-0.2, -0.15) is 5.10 Å². The number of rotatable bonds is 5. The highest BCUT2D eigenvalue weighted by Crippen LogP contribution is 2.20. The Hall–Kier alpha value is -1.53. The highest BCUT2D eigenvalue weighted by atomic mass is 32.1. The van der Waals surface area contributed by atoms with Crippen molar-refractivity contribution in [3.63, 3.8) is 0 Å². The summed E-state index contributed by atoms with van der Waals surface area (Å²) in [4.78, 5) is 4.13. The maximum Gasteiger partial charge on any atom is 0.195 e. The van der Waals surface area contributed by atoms with Crippen molar-refractivity contribution in [2.45, 2.75) is 44.8 Å². The van der Waals surface area contributed by atoms with Gasteiger partial charge in [-0.3, -0.25) is 14.6 Å². The average molecular weight is 304 g/mol. The number of nitrogens with zero attached hydrogens (tertiary/aromatic N) is 3. The molecular weight excluding hydrogens is 284 g/mol. The van der Waals surface area contributed by atoms with Gasteiger partial charge >= 0.3 is 0 Å². The SMILES string of the molecule is S=c1[nH]nc(-c2cccnc2)n1CCOC1CCCCC1. The molecule has 112 valence electrons. The minimum atomic E-state index is 0.418. The quantitative estimate of drug-likeness (QED) is 0.861. The first kappa shape index (κ1) is 14.4. The second-order valence-corrected chi connectivity index (χ2v) is 5.76. The predicted molar refractivity (Wildman–Crippen MR) is 83.5 cm³/mol. The van der Waals surface area contributed by atoms with E-state index in [2.05, 4.69) is 15.2 Å². The third-order valence-corrected chi connectivity index (χ3v) is 4.21. The molecular formula is C15H20N4OS. The Balaban J connectivity index is 1.65. The molecule has 1 saturated carbocycles. The number of pyridine rings is 1. The van der Waals surface area contributed by atoms with Crippen LogP contribution in [0, 0.1) is 4.77 Å². The number of hydrogen-bond acceptors (Lipinski definition) is 4. The van der Waals surface area contributed by atoms with E-state index in [9.17, 15) is 0 Å². The van der Waals surface area contributed by atoms with E-state index in [4.69, 9.17) is 17.0 Å². The zero-order valence-electron chi connectivity index (χ0n) is 12.0. The Morgan fingerprint density at radius 3 is 2.95 bits per heavy atom. The average Bonchev–Trinajstić information content (AvgIpc) is 2.91. The van der Waals surface area contributed by atoms with E-state index in [1.54, 1.807) is 12.4 Å². The van der Waals surface area contributed by atoms with Crippen molar-refractivity contribution in [2.24, 2.45) is 0 Å². The first-order chi connectivity index (χ1) is 10.3. The molecule has 21 heavy (non-hydrogen) atoms. The third-order valence-electron chi connectivity index (χ3n) is 3.90. The summed E-state index contributed by atoms with van der Waals surface area (Å²) < 4.78 is 8.59. The van der Waals surface area contributed by atoms with Gasteiger partial charge in [-0.1, -0.05) is 19.3 Å². The molecule has 0 aliphatic heterocycles. The fourth-order valence-corrected chi connectivity index (χ4v) is 3.01. The Bertz CT molecular complexity index is 616. The maximum atomic E-state index is 5.98. The molecule has 0 spiro atoms. The lowest BCUT2D eigenvalue weighted by molar-refractivity contribution is 0.0241. The molecule has 5 nitrogen and oxygen atoms in total. The Morgan fingerprint density at radius 1 is 1.33 bits per heavy atom. The molecule has 1 aliphatic rings. The normalized spacial score (nSPS) is 16.2. The summed E-state index contributed by atoms with van der Waals surface area (Å²) in [5.74, 6) is 0.820. The molecule has 1 N–H and O–H groups in total. The number of aromatic amines is 1. The lowest BCUT2D eigenvalue weighted by Gasteiger charge is -2.22. The van der Waals surface area contributed by atoms with E-state index in [0.717, 1.165) is 17.9 Å². The van der Waals surface area contributed by atoms with Gasteiger partial charge in [0.1, 0.15) is 0 Å². The monoisotopic (exact) mass is 304 g/mol. The van der Waals surface area contributed by atoms with Gasteiger partial charge in [0.2, 0.25) is 0 Å². The molecule has 0 unspecified atom stereocenters. The minimum Gasteiger partial charge on any atom is -0.376 e. The van der Waals surface area contributed by atoms with Crippen LogP contribution in [0.25, 0.3) is 11.4 Å². The van der Waals surface area contributed by atoms with Crippen molar-refractivity contribution in [2.75, 3.05) is 6.61 Å². The van der Waals surface area contributed by atoms with Gasteiger partial charge < -0.3 is 4.74 Å². The molecule has 2 aromatic rings. The standard InChI is InChI=1S/C15H20N4OS/c21-15-18-17-14(12-5-4-8-16-11-12)19(15)9-10-20-13-6-2-1-3-7-13/h4-5,8,11,13H,1-3,6-7,9-10H2,(H,18,21). The highest BCUT2D eigenvalue weighted by Gasteiger charge is 2.14. The fourth-order valence-electron chi connectivity index (χ4n) is 2.78. The zero-order chi connectivity index (χ0) is 14.5. The zero-order valence-corrected chi connectivity index (χ0v) is 12.8. The van der Waals surface area contributed by atoms with Gasteiger partial charge in [0, 0.05) is 18.0 Å². The topological polar surface area (TPSA) is 55.7 Å². The highest BCUT2D eigenvalue weighted by molar-refractivity contribution is 7.71. The second-order valence-electron chi connectivity index (χ2n) is 5.38. The van der Waals surface area contributed by atoms with Crippen LogP contribution in [0.1, 0.15) is 32.1 Å². The lowest BCUT2D eigenvalue weighted by atomic mass is 9.98. The van der Waals surface area contributed by atoms with Crippen LogP contribution in [0.15, 0.2) is 24.5 Å². The number of aromatic nitrogens is 4. The summed E-state index contributed by atoms with van der Waals surface area (Å²) in [6.45, 7) is 1.39. The summed E-state index contributed by atoms with van der Waals surface area (Å²) in [7, 11) is 0. The van der Waals surface area contributed by atoms with Crippen molar-refractivity contribution in [1.82, 2.24) is 19.7 Å². The molecule has 0 bridgehead atoms. The predicted octanol–water partition coefficient (Wildman–Crippen LogP) is 3.35. The van der Waals surface area contributed by atoms with Gasteiger partial charge in [0.25, 0.3) is 0 Å². The van der Waals surface area contributed by atoms with E-state index in [1.165, 1.54) is 32.1 Å². The molecule has 2 aromatic heterocycles. The fraction of sp³-hybridized carbons (Fsp3) is 0.533. The van der Waals surface area contributed by atoms with E-state index >= 15 is 0 Å². The largest absolute Gasteiger partial charge is 0.376 e. The first-order valence-electron chi connectivity index (χ1n) is 7.52. The van der Waals surface area contributed by atoms with Crippen LogP contribution < -0.4 is 0 Å². The molecule has 1 fully saturated rings. The number of nitrogens with one attached hydrogen (secondary N) is 1. The second kappa shape index (κ2) is 6.95. The number of hydrogen-bond donors (Lipinski definition) is 1. The smallest absolute Gasteiger partial charge is 0.195 e. The minimum absolute atomic E-state index is 0.418. The van der Waals surface area contributed by atoms with Crippen LogP contribution in [0.5, 0.6) is 0 Å². The van der Waals surface area contributed by atoms with Crippen LogP contribution in [0.3, 0.4) is 0 Å².